The maximum Gasteiger partial charge on any atom is 0.244 e. The van der Waals surface area contributed by atoms with Crippen LogP contribution in [-0.2, 0) is 9.59 Å². The number of benzene rings is 1. The van der Waals surface area contributed by atoms with Gasteiger partial charge in [0.1, 0.15) is 11.9 Å². The Morgan fingerprint density at radius 1 is 1.15 bits per heavy atom. The fourth-order valence-corrected chi connectivity index (χ4v) is 3.13. The van der Waals surface area contributed by atoms with Crippen molar-refractivity contribution < 1.29 is 9.59 Å². The Labute approximate surface area is 153 Å². The van der Waals surface area contributed by atoms with Crippen molar-refractivity contribution in [2.24, 2.45) is 11.7 Å². The van der Waals surface area contributed by atoms with Crippen molar-refractivity contribution in [3.05, 3.63) is 59.8 Å². The van der Waals surface area contributed by atoms with Gasteiger partial charge in [0.15, 0.2) is 0 Å². The van der Waals surface area contributed by atoms with Crippen LogP contribution < -0.4 is 11.1 Å². The minimum atomic E-state index is -0.654. The van der Waals surface area contributed by atoms with Crippen molar-refractivity contribution >= 4 is 17.6 Å². The summed E-state index contributed by atoms with van der Waals surface area (Å²) in [5.41, 5.74) is 7.95. The monoisotopic (exact) mass is 352 g/mol. The van der Waals surface area contributed by atoms with Crippen LogP contribution in [0.5, 0.6) is 0 Å². The summed E-state index contributed by atoms with van der Waals surface area (Å²) in [6.07, 6.45) is 2.98. The molecule has 1 aliphatic heterocycles. The van der Waals surface area contributed by atoms with Crippen molar-refractivity contribution in [3.8, 4) is 0 Å². The molecule has 3 N–H and O–H groups in total. The van der Waals surface area contributed by atoms with E-state index in [4.69, 9.17) is 5.73 Å². The van der Waals surface area contributed by atoms with Gasteiger partial charge in [-0.2, -0.15) is 0 Å². The molecule has 1 aromatic heterocycles. The van der Waals surface area contributed by atoms with E-state index in [0.717, 1.165) is 11.1 Å². The molecule has 2 aromatic rings. The number of hydrogen-bond acceptors (Lipinski definition) is 4. The molecule has 0 bridgehead atoms. The Kier molecular flexibility index (Phi) is 5.63. The van der Waals surface area contributed by atoms with E-state index in [0.29, 0.717) is 31.7 Å². The summed E-state index contributed by atoms with van der Waals surface area (Å²) in [5, 5.41) is 2.85. The first-order valence-corrected chi connectivity index (χ1v) is 8.87. The first-order chi connectivity index (χ1) is 12.5. The molecular formula is C20H24N4O2. The molecule has 1 aromatic carbocycles. The predicted octanol–water partition coefficient (Wildman–Crippen LogP) is 2.27. The van der Waals surface area contributed by atoms with Crippen LogP contribution in [-0.4, -0.2) is 34.8 Å². The Morgan fingerprint density at radius 3 is 2.46 bits per heavy atom. The number of hydrogen-bond donors (Lipinski definition) is 2. The topological polar surface area (TPSA) is 88.3 Å². The lowest BCUT2D eigenvalue weighted by molar-refractivity contribution is -0.135. The van der Waals surface area contributed by atoms with Crippen LogP contribution in [0.2, 0.25) is 0 Å². The van der Waals surface area contributed by atoms with Gasteiger partial charge in [-0.3, -0.25) is 9.59 Å². The van der Waals surface area contributed by atoms with E-state index in [1.165, 1.54) is 0 Å². The Bertz CT molecular complexity index is 753. The molecule has 1 unspecified atom stereocenters. The third kappa shape index (κ3) is 4.26. The van der Waals surface area contributed by atoms with Crippen molar-refractivity contribution in [1.29, 1.82) is 0 Å². The minimum Gasteiger partial charge on any atom is -0.341 e. The van der Waals surface area contributed by atoms with E-state index >= 15 is 0 Å². The van der Waals surface area contributed by atoms with E-state index in [1.807, 2.05) is 43.3 Å². The summed E-state index contributed by atoms with van der Waals surface area (Å²) in [4.78, 5) is 30.9. The molecule has 6 nitrogen and oxygen atoms in total. The second-order valence-electron chi connectivity index (χ2n) is 6.70. The van der Waals surface area contributed by atoms with Gasteiger partial charge < -0.3 is 16.0 Å². The van der Waals surface area contributed by atoms with Gasteiger partial charge in [-0.15, -0.1) is 0 Å². The van der Waals surface area contributed by atoms with Crippen LogP contribution in [0.3, 0.4) is 0 Å². The first kappa shape index (κ1) is 18.1. The molecule has 0 aliphatic carbocycles. The minimum absolute atomic E-state index is 0.0409. The average molecular weight is 352 g/mol. The zero-order valence-corrected chi connectivity index (χ0v) is 14.9. The van der Waals surface area contributed by atoms with Crippen LogP contribution >= 0.6 is 0 Å². The van der Waals surface area contributed by atoms with Crippen molar-refractivity contribution in [3.63, 3.8) is 0 Å². The summed E-state index contributed by atoms with van der Waals surface area (Å²) >= 11 is 0. The van der Waals surface area contributed by atoms with E-state index in [1.54, 1.807) is 17.2 Å². The van der Waals surface area contributed by atoms with Gasteiger partial charge >= 0.3 is 0 Å². The van der Waals surface area contributed by atoms with E-state index in [-0.39, 0.29) is 17.7 Å². The molecule has 26 heavy (non-hydrogen) atoms. The molecule has 0 radical (unpaired) electrons. The highest BCUT2D eigenvalue weighted by molar-refractivity contribution is 5.92. The SMILES string of the molecule is Cc1ccc(NC(=O)C2CCN(C(=O)C(N)c3ccccc3)CC2)nc1. The number of piperidine rings is 1. The second-order valence-corrected chi connectivity index (χ2v) is 6.70. The number of likely N-dealkylation sites (tertiary alicyclic amines) is 1. The normalized spacial score (nSPS) is 16.2. The summed E-state index contributed by atoms with van der Waals surface area (Å²) in [5.74, 6) is 0.316. The van der Waals surface area contributed by atoms with Crippen LogP contribution in [0.1, 0.15) is 30.0 Å². The van der Waals surface area contributed by atoms with Gasteiger partial charge in [0.2, 0.25) is 11.8 Å². The first-order valence-electron chi connectivity index (χ1n) is 8.87. The highest BCUT2D eigenvalue weighted by atomic mass is 16.2. The number of aromatic nitrogens is 1. The molecule has 136 valence electrons. The molecular weight excluding hydrogens is 328 g/mol. The number of anilines is 1. The van der Waals surface area contributed by atoms with Crippen molar-refractivity contribution in [2.45, 2.75) is 25.8 Å². The van der Waals surface area contributed by atoms with Crippen LogP contribution in [0.25, 0.3) is 0 Å². The lowest BCUT2D eigenvalue weighted by Gasteiger charge is -2.33. The van der Waals surface area contributed by atoms with Crippen molar-refractivity contribution in [1.82, 2.24) is 9.88 Å². The van der Waals surface area contributed by atoms with E-state index < -0.39 is 6.04 Å². The summed E-state index contributed by atoms with van der Waals surface area (Å²) in [6.45, 7) is 3.03. The number of nitrogens with zero attached hydrogens (tertiary/aromatic N) is 2. The summed E-state index contributed by atoms with van der Waals surface area (Å²) < 4.78 is 0. The number of nitrogens with one attached hydrogen (secondary N) is 1. The Balaban J connectivity index is 1.52. The molecule has 1 saturated heterocycles. The lowest BCUT2D eigenvalue weighted by atomic mass is 9.95. The van der Waals surface area contributed by atoms with E-state index in [9.17, 15) is 9.59 Å². The quantitative estimate of drug-likeness (QED) is 0.883. The maximum absolute atomic E-state index is 12.6. The van der Waals surface area contributed by atoms with Gasteiger partial charge in [0, 0.05) is 25.2 Å². The summed E-state index contributed by atoms with van der Waals surface area (Å²) in [7, 11) is 0. The molecule has 2 heterocycles. The number of rotatable bonds is 4. The predicted molar refractivity (Wildman–Crippen MR) is 100 cm³/mol. The molecule has 3 rings (SSSR count). The highest BCUT2D eigenvalue weighted by Gasteiger charge is 2.30. The standard InChI is InChI=1S/C20H24N4O2/c1-14-7-8-17(22-13-14)23-19(25)16-9-11-24(12-10-16)20(26)18(21)15-5-3-2-4-6-15/h2-8,13,16,18H,9-12,21H2,1H3,(H,22,23,25). The molecule has 0 spiro atoms. The number of nitrogens with two attached hydrogens (primary N) is 1. The molecule has 0 saturated carbocycles. The van der Waals surface area contributed by atoms with Gasteiger partial charge in [-0.05, 0) is 37.0 Å². The molecule has 1 aliphatic rings. The van der Waals surface area contributed by atoms with Crippen LogP contribution in [0.15, 0.2) is 48.7 Å². The molecule has 6 heteroatoms. The smallest absolute Gasteiger partial charge is 0.244 e. The molecule has 1 atom stereocenters. The maximum atomic E-state index is 12.6. The third-order valence-corrected chi connectivity index (χ3v) is 4.76. The van der Waals surface area contributed by atoms with Gasteiger partial charge in [-0.1, -0.05) is 36.4 Å². The Hall–Kier alpha value is -2.73. The third-order valence-electron chi connectivity index (χ3n) is 4.76. The van der Waals surface area contributed by atoms with Gasteiger partial charge in [-0.25, -0.2) is 4.98 Å². The molecule has 2 amide bonds. The number of carbonyl (C=O) groups excluding carboxylic acids is 2. The number of carbonyl (C=O) groups is 2. The molecule has 1 fully saturated rings. The van der Waals surface area contributed by atoms with Gasteiger partial charge in [0.25, 0.3) is 0 Å². The fourth-order valence-electron chi connectivity index (χ4n) is 3.13. The number of pyridine rings is 1. The summed E-state index contributed by atoms with van der Waals surface area (Å²) in [6, 6.07) is 12.4. The van der Waals surface area contributed by atoms with Crippen LogP contribution in [0, 0.1) is 12.8 Å². The second kappa shape index (κ2) is 8.10. The number of amides is 2. The average Bonchev–Trinajstić information content (AvgIpc) is 2.69. The van der Waals surface area contributed by atoms with Gasteiger partial charge in [0.05, 0.1) is 0 Å². The van der Waals surface area contributed by atoms with Crippen LogP contribution in [0.4, 0.5) is 5.82 Å². The largest absolute Gasteiger partial charge is 0.341 e. The zero-order chi connectivity index (χ0) is 18.5. The highest BCUT2D eigenvalue weighted by Crippen LogP contribution is 2.22. The Morgan fingerprint density at radius 2 is 1.85 bits per heavy atom. The number of aryl methyl sites for hydroxylation is 1. The lowest BCUT2D eigenvalue weighted by Crippen LogP contribution is -2.45. The zero-order valence-electron chi connectivity index (χ0n) is 14.9. The fraction of sp³-hybridized carbons (Fsp3) is 0.350. The van der Waals surface area contributed by atoms with E-state index in [2.05, 4.69) is 10.3 Å². The van der Waals surface area contributed by atoms with Crippen molar-refractivity contribution in [2.75, 3.05) is 18.4 Å².